The number of rotatable bonds is 9. The molecule has 1 heterocycles. The minimum Gasteiger partial charge on any atom is -0.451 e. The summed E-state index contributed by atoms with van der Waals surface area (Å²) in [5, 5.41) is 10.2. The normalized spacial score (nSPS) is 10.9. The number of anilines is 1. The summed E-state index contributed by atoms with van der Waals surface area (Å²) in [6, 6.07) is 7.64. The van der Waals surface area contributed by atoms with Gasteiger partial charge in [-0.2, -0.15) is 0 Å². The third kappa shape index (κ3) is 7.05. The highest BCUT2D eigenvalue weighted by molar-refractivity contribution is 7.92. The summed E-state index contributed by atoms with van der Waals surface area (Å²) in [5.41, 5.74) is 5.56. The molecule has 13 nitrogen and oxygen atoms in total. The molecule has 184 valence electrons. The molecule has 0 radical (unpaired) electrons. The average molecular weight is 495 g/mol. The number of aromatic amines is 1. The Morgan fingerprint density at radius 2 is 1.94 bits per heavy atom. The van der Waals surface area contributed by atoms with Gasteiger partial charge >= 0.3 is 6.09 Å². The standard InChI is InChI=1S/C20H26N6O7S/c1-12-5-4-6-15(9-12)34(30,31)25-17-14(10-13(2)24-18(17)28)11-16(27)23-7-8-33-26(19(21)22)20(29)32-3/h4-6,9-10,25H,7-8,11H2,1-3H3,(H3,21,22)(H,23,27)(H,24,28). The highest BCUT2D eigenvalue weighted by Gasteiger charge is 2.21. The van der Waals surface area contributed by atoms with Crippen LogP contribution in [0.15, 0.2) is 40.0 Å². The lowest BCUT2D eigenvalue weighted by Crippen LogP contribution is -2.42. The molecule has 0 saturated carbocycles. The lowest BCUT2D eigenvalue weighted by atomic mass is 10.1. The smallest absolute Gasteiger partial charge is 0.441 e. The van der Waals surface area contributed by atoms with E-state index in [9.17, 15) is 22.8 Å². The van der Waals surface area contributed by atoms with E-state index in [1.54, 1.807) is 26.0 Å². The first-order valence-electron chi connectivity index (χ1n) is 9.88. The Morgan fingerprint density at radius 1 is 1.24 bits per heavy atom. The van der Waals surface area contributed by atoms with Crippen molar-refractivity contribution in [3.63, 3.8) is 0 Å². The van der Waals surface area contributed by atoms with Gasteiger partial charge in [-0.3, -0.25) is 24.6 Å². The fourth-order valence-electron chi connectivity index (χ4n) is 2.85. The van der Waals surface area contributed by atoms with E-state index in [1.807, 2.05) is 0 Å². The average Bonchev–Trinajstić information content (AvgIpc) is 2.75. The molecule has 0 bridgehead atoms. The van der Waals surface area contributed by atoms with Crippen molar-refractivity contribution in [2.45, 2.75) is 25.2 Å². The molecule has 0 spiro atoms. The first kappa shape index (κ1) is 26.3. The molecular formula is C20H26N6O7S. The quantitative estimate of drug-likeness (QED) is 0.142. The van der Waals surface area contributed by atoms with Crippen molar-refractivity contribution in [3.05, 3.63) is 57.5 Å². The van der Waals surface area contributed by atoms with E-state index in [4.69, 9.17) is 16.0 Å². The molecule has 2 amide bonds. The van der Waals surface area contributed by atoms with Gasteiger partial charge in [-0.05, 0) is 43.2 Å². The summed E-state index contributed by atoms with van der Waals surface area (Å²) >= 11 is 0. The Balaban J connectivity index is 2.11. The number of nitrogens with two attached hydrogens (primary N) is 1. The molecule has 1 aromatic heterocycles. The molecule has 0 aliphatic heterocycles. The Kier molecular flexibility index (Phi) is 8.75. The van der Waals surface area contributed by atoms with Crippen LogP contribution in [0.3, 0.4) is 0 Å². The zero-order chi connectivity index (χ0) is 25.5. The number of ether oxygens (including phenoxy) is 1. The van der Waals surface area contributed by atoms with E-state index in [0.717, 1.165) is 12.7 Å². The van der Waals surface area contributed by atoms with Gasteiger partial charge in [0.1, 0.15) is 5.69 Å². The maximum absolute atomic E-state index is 12.8. The predicted octanol–water partition coefficient (Wildman–Crippen LogP) is 0.345. The third-order valence-electron chi connectivity index (χ3n) is 4.34. The lowest BCUT2D eigenvalue weighted by molar-refractivity contribution is -0.121. The number of H-pyrrole nitrogens is 1. The van der Waals surface area contributed by atoms with E-state index in [1.165, 1.54) is 18.2 Å². The number of carbonyl (C=O) groups is 2. The number of sulfonamides is 1. The molecule has 0 aliphatic carbocycles. The SMILES string of the molecule is COC(=O)N(OCCNC(=O)Cc1cc(C)[nH]c(=O)c1NS(=O)(=O)c1cccc(C)c1)C(=N)N. The number of pyridine rings is 1. The van der Waals surface area contributed by atoms with Gasteiger partial charge in [-0.25, -0.2) is 13.2 Å². The second-order valence-corrected chi connectivity index (χ2v) is 8.80. The van der Waals surface area contributed by atoms with Gasteiger partial charge < -0.3 is 20.8 Å². The number of nitrogens with zero attached hydrogens (tertiary/aromatic N) is 1. The van der Waals surface area contributed by atoms with Gasteiger partial charge in [0.15, 0.2) is 0 Å². The van der Waals surface area contributed by atoms with Crippen LogP contribution in [0.5, 0.6) is 0 Å². The molecule has 0 aliphatic rings. The first-order chi connectivity index (χ1) is 15.9. The minimum absolute atomic E-state index is 0.0272. The van der Waals surface area contributed by atoms with Crippen LogP contribution in [0.4, 0.5) is 10.5 Å². The van der Waals surface area contributed by atoms with Crippen LogP contribution in [-0.2, 0) is 30.8 Å². The predicted molar refractivity (Wildman–Crippen MR) is 123 cm³/mol. The zero-order valence-corrected chi connectivity index (χ0v) is 19.6. The van der Waals surface area contributed by atoms with Gasteiger partial charge in [-0.1, -0.05) is 12.1 Å². The molecule has 6 N–H and O–H groups in total. The molecule has 34 heavy (non-hydrogen) atoms. The molecule has 0 fully saturated rings. The van der Waals surface area contributed by atoms with Crippen LogP contribution in [0.2, 0.25) is 0 Å². The van der Waals surface area contributed by atoms with Gasteiger partial charge in [0.2, 0.25) is 11.9 Å². The molecule has 0 atom stereocenters. The summed E-state index contributed by atoms with van der Waals surface area (Å²) in [6.45, 7) is 3.03. The molecule has 1 aromatic carbocycles. The summed E-state index contributed by atoms with van der Waals surface area (Å²) in [4.78, 5) is 43.8. The fourth-order valence-corrected chi connectivity index (χ4v) is 4.06. The molecule has 2 rings (SSSR count). The maximum Gasteiger partial charge on any atom is 0.441 e. The maximum atomic E-state index is 12.8. The first-order valence-corrected chi connectivity index (χ1v) is 11.4. The zero-order valence-electron chi connectivity index (χ0n) is 18.8. The van der Waals surface area contributed by atoms with Crippen molar-refractivity contribution < 1.29 is 27.6 Å². The van der Waals surface area contributed by atoms with Crippen LogP contribution in [-0.4, -0.2) is 56.7 Å². The van der Waals surface area contributed by atoms with E-state index < -0.39 is 33.5 Å². The van der Waals surface area contributed by atoms with E-state index in [0.29, 0.717) is 10.8 Å². The van der Waals surface area contributed by atoms with E-state index in [2.05, 4.69) is 19.8 Å². The number of nitrogens with one attached hydrogen (secondary N) is 4. The Labute approximate surface area is 195 Å². The second-order valence-electron chi connectivity index (χ2n) is 7.11. The number of guanidine groups is 1. The number of hydroxylamine groups is 2. The van der Waals surface area contributed by atoms with Crippen LogP contribution in [0.1, 0.15) is 16.8 Å². The third-order valence-corrected chi connectivity index (χ3v) is 5.69. The van der Waals surface area contributed by atoms with Crippen molar-refractivity contribution >= 4 is 33.7 Å². The van der Waals surface area contributed by atoms with Gasteiger partial charge in [0.25, 0.3) is 15.6 Å². The van der Waals surface area contributed by atoms with Gasteiger partial charge in [0.05, 0.1) is 25.0 Å². The number of hydrogen-bond donors (Lipinski definition) is 5. The summed E-state index contributed by atoms with van der Waals surface area (Å²) < 4.78 is 32.3. The number of aryl methyl sites for hydroxylation is 2. The molecular weight excluding hydrogens is 468 g/mol. The Morgan fingerprint density at radius 3 is 2.56 bits per heavy atom. The van der Waals surface area contributed by atoms with Crippen molar-refractivity contribution in [1.82, 2.24) is 15.4 Å². The van der Waals surface area contributed by atoms with Crippen LogP contribution >= 0.6 is 0 Å². The number of carbonyl (C=O) groups excluding carboxylic acids is 2. The number of benzene rings is 1. The summed E-state index contributed by atoms with van der Waals surface area (Å²) in [5.74, 6) is -1.25. The van der Waals surface area contributed by atoms with Crippen molar-refractivity contribution in [2.24, 2.45) is 5.73 Å². The minimum atomic E-state index is -4.08. The summed E-state index contributed by atoms with van der Waals surface area (Å²) in [6.07, 6.45) is -1.33. The monoisotopic (exact) mass is 494 g/mol. The highest BCUT2D eigenvalue weighted by Crippen LogP contribution is 2.18. The number of aromatic nitrogens is 1. The number of hydrogen-bond acceptors (Lipinski definition) is 8. The summed E-state index contributed by atoms with van der Waals surface area (Å²) in [7, 11) is -3.00. The molecule has 14 heteroatoms. The van der Waals surface area contributed by atoms with E-state index in [-0.39, 0.29) is 35.7 Å². The second kappa shape index (κ2) is 11.3. The lowest BCUT2D eigenvalue weighted by Gasteiger charge is -2.18. The van der Waals surface area contributed by atoms with Crippen LogP contribution < -0.4 is 21.3 Å². The fraction of sp³-hybridized carbons (Fsp3) is 0.300. The Bertz CT molecular complexity index is 1240. The molecule has 2 aromatic rings. The van der Waals surface area contributed by atoms with Crippen molar-refractivity contribution in [2.75, 3.05) is 25.0 Å². The van der Waals surface area contributed by atoms with Crippen molar-refractivity contribution in [1.29, 1.82) is 5.41 Å². The van der Waals surface area contributed by atoms with E-state index >= 15 is 0 Å². The van der Waals surface area contributed by atoms with Gasteiger partial charge in [0, 0.05) is 12.2 Å². The van der Waals surface area contributed by atoms with Crippen LogP contribution in [0, 0.1) is 19.3 Å². The van der Waals surface area contributed by atoms with Crippen LogP contribution in [0.25, 0.3) is 0 Å². The largest absolute Gasteiger partial charge is 0.451 e. The Hall–Kier alpha value is -3.91. The topological polar surface area (TPSA) is 197 Å². The van der Waals surface area contributed by atoms with Crippen molar-refractivity contribution in [3.8, 4) is 0 Å². The number of methoxy groups -OCH3 is 1. The highest BCUT2D eigenvalue weighted by atomic mass is 32.2. The van der Waals surface area contributed by atoms with Gasteiger partial charge in [-0.15, -0.1) is 5.06 Å². The molecule has 0 saturated heterocycles. The number of amides is 2. The molecule has 0 unspecified atom stereocenters.